The molecule has 0 atom stereocenters. The maximum absolute atomic E-state index is 5.96. The number of aromatic nitrogens is 4. The molecule has 0 aliphatic heterocycles. The van der Waals surface area contributed by atoms with Gasteiger partial charge in [0.2, 0.25) is 0 Å². The lowest BCUT2D eigenvalue weighted by atomic mass is 10.1. The number of hydrogen-bond donors (Lipinski definition) is 7. The molecule has 25 heteroatoms. The molecule has 7 N–H and O–H groups in total. The summed E-state index contributed by atoms with van der Waals surface area (Å²) in [5.74, 6) is 0. The SMILES string of the molecule is Clc1ccc(CNC2CCCC2)cc1Cl.Clc1ccc(CNCCc2ccccc2)cc1Cl.Clc1ccc(CNCCc2ccccn2)cc1Cl.Clc1ccc(CNCCc2cccnc2)cc1Cl.Clc1ccc(CNCCc2ccncc2)cc1Cl.Clc1ccc(CNCc2ccccc2)cc1Cl.Clc1ccc(CNCc2ccncc2)cc1Cl. The minimum absolute atomic E-state index is 0.588. The zero-order valence-corrected chi connectivity index (χ0v) is 77.2. The zero-order chi connectivity index (χ0) is 86.0. The summed E-state index contributed by atoms with van der Waals surface area (Å²) in [7, 11) is 0. The number of pyridine rings is 4. The predicted octanol–water partition coefficient (Wildman–Crippen LogP) is 27.5. The highest BCUT2D eigenvalue weighted by Crippen LogP contribution is 2.29. The van der Waals surface area contributed by atoms with Crippen LogP contribution in [0.4, 0.5) is 0 Å². The van der Waals surface area contributed by atoms with Crippen molar-refractivity contribution in [1.29, 1.82) is 0 Å². The monoisotopic (exact) mass is 1890 g/mol. The number of rotatable bonds is 31. The van der Waals surface area contributed by atoms with E-state index in [9.17, 15) is 0 Å². The quantitative estimate of drug-likeness (QED) is 0.0209. The van der Waals surface area contributed by atoms with Crippen molar-refractivity contribution >= 4 is 162 Å². The predicted molar refractivity (Wildman–Crippen MR) is 517 cm³/mol. The van der Waals surface area contributed by atoms with E-state index in [1.165, 1.54) is 59.1 Å². The van der Waals surface area contributed by atoms with Gasteiger partial charge in [0.1, 0.15) is 0 Å². The van der Waals surface area contributed by atoms with E-state index in [1.807, 2.05) is 225 Å². The second kappa shape index (κ2) is 58.5. The summed E-state index contributed by atoms with van der Waals surface area (Å²) in [5.41, 5.74) is 15.5. The summed E-state index contributed by atoms with van der Waals surface area (Å²) in [5, 5.41) is 32.2. The van der Waals surface area contributed by atoms with E-state index in [-0.39, 0.29) is 0 Å². The lowest BCUT2D eigenvalue weighted by Gasteiger charge is -2.11. The Morgan fingerprint density at radius 3 is 0.851 bits per heavy atom. The Labute approximate surface area is 783 Å². The average Bonchev–Trinajstić information content (AvgIpc) is 1.38. The second-order valence-corrected chi connectivity index (χ2v) is 33.6. The number of halogens is 14. The molecule has 0 spiro atoms. The summed E-state index contributed by atoms with van der Waals surface area (Å²) in [6.07, 6.45) is 21.9. The summed E-state index contributed by atoms with van der Waals surface area (Å²) >= 11 is 82.7. The molecule has 14 rings (SSSR count). The van der Waals surface area contributed by atoms with Gasteiger partial charge in [-0.2, -0.15) is 0 Å². The second-order valence-electron chi connectivity index (χ2n) is 27.9. The Balaban J connectivity index is 0.000000176. The van der Waals surface area contributed by atoms with Crippen LogP contribution in [0.3, 0.4) is 0 Å². The first-order valence-electron chi connectivity index (χ1n) is 39.5. The highest BCUT2D eigenvalue weighted by atomic mass is 35.5. The van der Waals surface area contributed by atoms with Gasteiger partial charge in [-0.25, -0.2) is 0 Å². The van der Waals surface area contributed by atoms with Gasteiger partial charge in [0.25, 0.3) is 0 Å². The summed E-state index contributed by atoms with van der Waals surface area (Å²) in [6, 6.07) is 79.4. The highest BCUT2D eigenvalue weighted by molar-refractivity contribution is 6.45. The van der Waals surface area contributed by atoms with Crippen molar-refractivity contribution in [2.45, 2.75) is 116 Å². The fraction of sp³-hybridized carbons (Fsp3) is 0.229. The van der Waals surface area contributed by atoms with Crippen LogP contribution < -0.4 is 37.2 Å². The van der Waals surface area contributed by atoms with Crippen molar-refractivity contribution in [3.8, 4) is 0 Å². The van der Waals surface area contributed by atoms with Crippen molar-refractivity contribution in [2.75, 3.05) is 26.2 Å². The average molecular weight is 1900 g/mol. The number of nitrogens with one attached hydrogen (secondary N) is 7. The van der Waals surface area contributed by atoms with Crippen molar-refractivity contribution in [3.05, 3.63) is 429 Å². The molecule has 0 saturated heterocycles. The highest BCUT2D eigenvalue weighted by Gasteiger charge is 2.14. The smallest absolute Gasteiger partial charge is 0.0595 e. The van der Waals surface area contributed by atoms with Crippen LogP contribution >= 0.6 is 162 Å². The van der Waals surface area contributed by atoms with Crippen LogP contribution in [0.25, 0.3) is 0 Å². The molecular weight excluding hydrogens is 1800 g/mol. The molecule has 4 aromatic heterocycles. The van der Waals surface area contributed by atoms with E-state index < -0.39 is 0 Å². The lowest BCUT2D eigenvalue weighted by molar-refractivity contribution is 0.524. The Kier molecular flexibility index (Phi) is 48.3. The topological polar surface area (TPSA) is 136 Å². The molecule has 1 fully saturated rings. The van der Waals surface area contributed by atoms with Crippen LogP contribution in [0.2, 0.25) is 70.3 Å². The molecule has 1 aliphatic rings. The largest absolute Gasteiger partial charge is 0.312 e. The van der Waals surface area contributed by atoms with Crippen LogP contribution in [0.15, 0.2) is 286 Å². The van der Waals surface area contributed by atoms with E-state index in [4.69, 9.17) is 162 Å². The Hall–Kier alpha value is -6.64. The maximum atomic E-state index is 5.96. The molecule has 1 saturated carbocycles. The standard InChI is InChI=1S/C15H15Cl2N.3C14H14Cl2N2.C14H13Cl2N.C13H12Cl2N2.C12H15Cl2N/c16-14-7-6-13(10-15(14)17)11-18-9-8-12-4-2-1-3-5-12;15-13-2-1-12(9-14(13)16)10-18-8-5-11-3-6-17-7-4-11;15-13-4-3-12(8-14(13)16)10-18-7-5-11-2-1-6-17-9-11;15-13-5-4-11(9-14(13)16)10-17-8-6-12-3-1-2-7-18-12;15-13-7-6-12(8-14(13)16)10-17-9-11-4-2-1-3-5-11;14-12-2-1-11(7-13(12)15)9-17-8-10-3-5-16-6-4-10;13-11-6-5-9(7-12(11)14)8-15-10-3-1-2-4-10/h1-7,10,18H,8-9,11H2;1-4,6-7,9,18H,5,8,10H2;1-4,6,8-9,18H,5,7,10H2;1-5,7,9,17H,6,8,10H2;1-8,17H,9-10H2;1-7,17H,8-9H2;5-7,10,15H,1-4,8H2. The minimum atomic E-state index is 0.588. The van der Waals surface area contributed by atoms with Gasteiger partial charge in [-0.15, -0.1) is 0 Å². The zero-order valence-electron chi connectivity index (χ0n) is 66.6. The number of hydrogen-bond acceptors (Lipinski definition) is 11. The maximum Gasteiger partial charge on any atom is 0.0595 e. The van der Waals surface area contributed by atoms with Gasteiger partial charge < -0.3 is 37.2 Å². The van der Waals surface area contributed by atoms with Gasteiger partial charge in [-0.1, -0.05) is 291 Å². The first-order chi connectivity index (χ1) is 58.8. The molecule has 4 heterocycles. The third-order valence-corrected chi connectivity index (χ3v) is 23.6. The van der Waals surface area contributed by atoms with Crippen LogP contribution in [-0.2, 0) is 84.6 Å². The van der Waals surface area contributed by atoms with E-state index in [0.29, 0.717) is 76.4 Å². The fourth-order valence-corrected chi connectivity index (χ4v) is 14.1. The van der Waals surface area contributed by atoms with Gasteiger partial charge in [0.15, 0.2) is 0 Å². The lowest BCUT2D eigenvalue weighted by Crippen LogP contribution is -2.25. The third-order valence-electron chi connectivity index (χ3n) is 18.4. The summed E-state index contributed by atoms with van der Waals surface area (Å²) < 4.78 is 0. The molecule has 0 amide bonds. The first kappa shape index (κ1) is 99.8. The molecular formula is C96H97Cl14N11. The minimum Gasteiger partial charge on any atom is -0.312 e. The van der Waals surface area contributed by atoms with E-state index in [0.717, 1.165) is 150 Å². The molecule has 13 aromatic rings. The Morgan fingerprint density at radius 2 is 0.512 bits per heavy atom. The van der Waals surface area contributed by atoms with Gasteiger partial charge in [-0.3, -0.25) is 19.9 Å². The molecule has 0 radical (unpaired) electrons. The first-order valence-corrected chi connectivity index (χ1v) is 44.8. The molecule has 9 aromatic carbocycles. The van der Waals surface area contributed by atoms with Gasteiger partial charge >= 0.3 is 0 Å². The van der Waals surface area contributed by atoms with E-state index in [1.54, 1.807) is 18.6 Å². The molecule has 0 bridgehead atoms. The fourth-order valence-electron chi connectivity index (χ4n) is 11.9. The normalized spacial score (nSPS) is 11.4. The Morgan fingerprint density at radius 1 is 0.223 bits per heavy atom. The van der Waals surface area contributed by atoms with Gasteiger partial charge in [0.05, 0.1) is 70.3 Å². The number of benzene rings is 9. The van der Waals surface area contributed by atoms with Crippen LogP contribution in [-0.4, -0.2) is 52.2 Å². The van der Waals surface area contributed by atoms with Gasteiger partial charge in [0, 0.05) is 127 Å². The summed E-state index contributed by atoms with van der Waals surface area (Å²) in [6.45, 7) is 10.9. The molecule has 0 unspecified atom stereocenters. The van der Waals surface area contributed by atoms with Crippen LogP contribution in [0.5, 0.6) is 0 Å². The Bertz CT molecular complexity index is 4600. The molecule has 634 valence electrons. The third kappa shape index (κ3) is 41.4. The molecule has 1 aliphatic carbocycles. The van der Waals surface area contributed by atoms with Crippen LogP contribution in [0.1, 0.15) is 98.1 Å². The van der Waals surface area contributed by atoms with Crippen molar-refractivity contribution < 1.29 is 0 Å². The summed E-state index contributed by atoms with van der Waals surface area (Å²) in [4.78, 5) is 16.3. The van der Waals surface area contributed by atoms with E-state index >= 15 is 0 Å². The molecule has 121 heavy (non-hydrogen) atoms. The molecule has 11 nitrogen and oxygen atoms in total. The van der Waals surface area contributed by atoms with Crippen molar-refractivity contribution in [2.24, 2.45) is 0 Å². The van der Waals surface area contributed by atoms with Crippen molar-refractivity contribution in [3.63, 3.8) is 0 Å². The van der Waals surface area contributed by atoms with Crippen molar-refractivity contribution in [1.82, 2.24) is 57.2 Å². The van der Waals surface area contributed by atoms with Gasteiger partial charge in [-0.05, 0) is 246 Å². The van der Waals surface area contributed by atoms with E-state index in [2.05, 4.69) is 99.6 Å². The number of nitrogens with zero attached hydrogens (tertiary/aromatic N) is 4. The van der Waals surface area contributed by atoms with Crippen LogP contribution in [0, 0.1) is 0 Å².